The van der Waals surface area contributed by atoms with Crippen LogP contribution in [0.2, 0.25) is 0 Å². The van der Waals surface area contributed by atoms with Gasteiger partial charge in [0.2, 0.25) is 5.91 Å². The van der Waals surface area contributed by atoms with E-state index in [2.05, 4.69) is 40.5 Å². The number of likely N-dealkylation sites (tertiary alicyclic amines) is 1. The van der Waals surface area contributed by atoms with Crippen molar-refractivity contribution < 1.29 is 4.79 Å². The first-order chi connectivity index (χ1) is 14.2. The molecule has 4 rings (SSSR count). The van der Waals surface area contributed by atoms with E-state index < -0.39 is 0 Å². The number of aryl methyl sites for hydroxylation is 1. The number of nitrogens with one attached hydrogen (secondary N) is 1. The molecule has 2 fully saturated rings. The van der Waals surface area contributed by atoms with Gasteiger partial charge in [-0.3, -0.25) is 4.79 Å². The Morgan fingerprint density at radius 3 is 2.45 bits per heavy atom. The van der Waals surface area contributed by atoms with Crippen molar-refractivity contribution in [1.82, 2.24) is 10.2 Å². The Kier molecular flexibility index (Phi) is 6.63. The number of piperidine rings is 1. The maximum absolute atomic E-state index is 11.1. The largest absolute Gasteiger partial charge is 0.366 e. The topological polar surface area (TPSA) is 58.4 Å². The lowest BCUT2D eigenvalue weighted by molar-refractivity contribution is 0.100. The first-order valence-electron chi connectivity index (χ1n) is 11.1. The summed E-state index contributed by atoms with van der Waals surface area (Å²) in [5.74, 6) is 1.20. The number of hydrogen-bond acceptors (Lipinski definition) is 3. The first-order valence-corrected chi connectivity index (χ1v) is 11.1. The zero-order valence-electron chi connectivity index (χ0n) is 17.2. The van der Waals surface area contributed by atoms with Crippen molar-refractivity contribution in [3.8, 4) is 0 Å². The lowest BCUT2D eigenvalue weighted by Gasteiger charge is -2.32. The highest BCUT2D eigenvalue weighted by Gasteiger charge is 2.38. The summed E-state index contributed by atoms with van der Waals surface area (Å²) < 4.78 is 0. The second-order valence-corrected chi connectivity index (χ2v) is 8.72. The summed E-state index contributed by atoms with van der Waals surface area (Å²) in [5, 5.41) is 3.82. The molecule has 2 atom stereocenters. The van der Waals surface area contributed by atoms with Gasteiger partial charge >= 0.3 is 0 Å². The van der Waals surface area contributed by atoms with Crippen molar-refractivity contribution in [1.29, 1.82) is 0 Å². The van der Waals surface area contributed by atoms with Crippen LogP contribution in [-0.4, -0.2) is 43.0 Å². The second-order valence-electron chi connectivity index (χ2n) is 8.72. The quantitative estimate of drug-likeness (QED) is 0.687. The Morgan fingerprint density at radius 2 is 1.76 bits per heavy atom. The van der Waals surface area contributed by atoms with E-state index in [0.29, 0.717) is 11.6 Å². The van der Waals surface area contributed by atoms with Gasteiger partial charge in [-0.1, -0.05) is 42.5 Å². The molecule has 1 saturated carbocycles. The molecule has 0 radical (unpaired) electrons. The number of carbonyl (C=O) groups excluding carboxylic acids is 1. The van der Waals surface area contributed by atoms with E-state index in [1.807, 2.05) is 24.3 Å². The van der Waals surface area contributed by atoms with E-state index in [1.165, 1.54) is 56.4 Å². The maximum Gasteiger partial charge on any atom is 0.248 e. The predicted octanol–water partition coefficient (Wildman–Crippen LogP) is 3.58. The molecule has 29 heavy (non-hydrogen) atoms. The molecule has 4 nitrogen and oxygen atoms in total. The molecule has 1 aliphatic heterocycles. The molecule has 0 aromatic heterocycles. The molecule has 2 aromatic rings. The van der Waals surface area contributed by atoms with Crippen molar-refractivity contribution >= 4 is 5.91 Å². The summed E-state index contributed by atoms with van der Waals surface area (Å²) in [4.78, 5) is 13.7. The Bertz CT molecular complexity index is 781. The molecule has 154 valence electrons. The molecule has 0 unspecified atom stereocenters. The van der Waals surface area contributed by atoms with Gasteiger partial charge in [-0.25, -0.2) is 0 Å². The van der Waals surface area contributed by atoms with Crippen LogP contribution in [0.1, 0.15) is 53.1 Å². The average Bonchev–Trinajstić information content (AvgIpc) is 3.54. The fraction of sp³-hybridized carbons (Fsp3) is 0.480. The number of rotatable bonds is 9. The highest BCUT2D eigenvalue weighted by molar-refractivity contribution is 5.92. The van der Waals surface area contributed by atoms with Gasteiger partial charge < -0.3 is 16.0 Å². The summed E-state index contributed by atoms with van der Waals surface area (Å²) in [7, 11) is 0. The Labute approximate surface area is 174 Å². The minimum absolute atomic E-state index is 0.355. The molecule has 3 N–H and O–H groups in total. The molecular weight excluding hydrogens is 358 g/mol. The SMILES string of the molecule is NC(=O)c1ccc(CCCN2CCC(CN[C@H]3C[C@@H]3c3ccccc3)CC2)cc1. The maximum atomic E-state index is 11.1. The Hall–Kier alpha value is -2.17. The van der Waals surface area contributed by atoms with E-state index in [-0.39, 0.29) is 5.91 Å². The highest BCUT2D eigenvalue weighted by Crippen LogP contribution is 2.40. The average molecular weight is 392 g/mol. The lowest BCUT2D eigenvalue weighted by atomic mass is 9.96. The monoisotopic (exact) mass is 391 g/mol. The van der Waals surface area contributed by atoms with Gasteiger partial charge in [0.05, 0.1) is 0 Å². The zero-order chi connectivity index (χ0) is 20.1. The summed E-state index contributed by atoms with van der Waals surface area (Å²) >= 11 is 0. The molecule has 1 heterocycles. The number of primary amides is 1. The minimum Gasteiger partial charge on any atom is -0.366 e. The standard InChI is InChI=1S/C25H33N3O/c26-25(29)22-10-8-19(9-11-22)5-4-14-28-15-12-20(13-16-28)18-27-24-17-23(24)21-6-2-1-3-7-21/h1-3,6-11,20,23-24,27H,4-5,12-18H2,(H2,26,29)/t23-,24+/m1/s1. The number of amides is 1. The molecule has 1 saturated heterocycles. The summed E-state index contributed by atoms with van der Waals surface area (Å²) in [6, 6.07) is 19.3. The fourth-order valence-electron chi connectivity index (χ4n) is 4.56. The number of benzene rings is 2. The molecule has 2 aliphatic rings. The van der Waals surface area contributed by atoms with Gasteiger partial charge in [-0.2, -0.15) is 0 Å². The highest BCUT2D eigenvalue weighted by atomic mass is 16.1. The molecule has 0 bridgehead atoms. The Balaban J connectivity index is 1.09. The smallest absolute Gasteiger partial charge is 0.248 e. The van der Waals surface area contributed by atoms with Crippen molar-refractivity contribution in [3.63, 3.8) is 0 Å². The number of hydrogen-bond donors (Lipinski definition) is 2. The third-order valence-electron chi connectivity index (χ3n) is 6.57. The summed E-state index contributed by atoms with van der Waals surface area (Å²) in [6.07, 6.45) is 6.14. The fourth-order valence-corrected chi connectivity index (χ4v) is 4.56. The van der Waals surface area contributed by atoms with E-state index in [1.54, 1.807) is 0 Å². The summed E-state index contributed by atoms with van der Waals surface area (Å²) in [5.41, 5.74) is 8.66. The zero-order valence-corrected chi connectivity index (χ0v) is 17.2. The third-order valence-corrected chi connectivity index (χ3v) is 6.57. The van der Waals surface area contributed by atoms with Gasteiger partial charge in [0, 0.05) is 17.5 Å². The van der Waals surface area contributed by atoms with Crippen LogP contribution < -0.4 is 11.1 Å². The lowest BCUT2D eigenvalue weighted by Crippen LogP contribution is -2.38. The number of carbonyl (C=O) groups is 1. The third kappa shape index (κ3) is 5.68. The van der Waals surface area contributed by atoms with Crippen LogP contribution >= 0.6 is 0 Å². The van der Waals surface area contributed by atoms with E-state index in [0.717, 1.165) is 24.8 Å². The Morgan fingerprint density at radius 1 is 1.03 bits per heavy atom. The summed E-state index contributed by atoms with van der Waals surface area (Å²) in [6.45, 7) is 4.78. The van der Waals surface area contributed by atoms with Crippen LogP contribution in [0.25, 0.3) is 0 Å². The molecule has 2 aromatic carbocycles. The van der Waals surface area contributed by atoms with Gasteiger partial charge in [0.1, 0.15) is 0 Å². The van der Waals surface area contributed by atoms with Crippen LogP contribution in [0.3, 0.4) is 0 Å². The van der Waals surface area contributed by atoms with Crippen molar-refractivity contribution in [3.05, 3.63) is 71.3 Å². The molecule has 1 aliphatic carbocycles. The number of nitrogens with zero attached hydrogens (tertiary/aromatic N) is 1. The second kappa shape index (κ2) is 9.55. The van der Waals surface area contributed by atoms with Crippen LogP contribution in [0.15, 0.2) is 54.6 Å². The van der Waals surface area contributed by atoms with Crippen LogP contribution in [-0.2, 0) is 6.42 Å². The van der Waals surface area contributed by atoms with Gasteiger partial charge in [0.25, 0.3) is 0 Å². The molecular formula is C25H33N3O. The molecule has 4 heteroatoms. The number of nitrogens with two attached hydrogens (primary N) is 1. The van der Waals surface area contributed by atoms with Crippen molar-refractivity contribution in [2.45, 2.75) is 44.1 Å². The minimum atomic E-state index is -0.355. The van der Waals surface area contributed by atoms with Gasteiger partial charge in [0.15, 0.2) is 0 Å². The van der Waals surface area contributed by atoms with Crippen molar-refractivity contribution in [2.75, 3.05) is 26.2 Å². The van der Waals surface area contributed by atoms with E-state index >= 15 is 0 Å². The van der Waals surface area contributed by atoms with Crippen LogP contribution in [0.4, 0.5) is 0 Å². The molecule has 1 amide bonds. The van der Waals surface area contributed by atoms with Crippen molar-refractivity contribution in [2.24, 2.45) is 11.7 Å². The van der Waals surface area contributed by atoms with Gasteiger partial charge in [-0.05, 0) is 87.5 Å². The van der Waals surface area contributed by atoms with Gasteiger partial charge in [-0.15, -0.1) is 0 Å². The molecule has 0 spiro atoms. The van der Waals surface area contributed by atoms with E-state index in [4.69, 9.17) is 5.73 Å². The first kappa shape index (κ1) is 20.1. The van der Waals surface area contributed by atoms with Crippen LogP contribution in [0.5, 0.6) is 0 Å². The van der Waals surface area contributed by atoms with E-state index in [9.17, 15) is 4.79 Å². The predicted molar refractivity (Wildman–Crippen MR) is 118 cm³/mol. The normalized spacial score (nSPS) is 22.5. The van der Waals surface area contributed by atoms with Crippen LogP contribution in [0, 0.1) is 5.92 Å².